The van der Waals surface area contributed by atoms with Crippen LogP contribution in [-0.2, 0) is 0 Å². The minimum atomic E-state index is -0.437. The molecule has 26 aromatic carbocycles. The monoisotopic (exact) mass is 1740 g/mol. The van der Waals surface area contributed by atoms with E-state index in [9.17, 15) is 11.0 Å². The zero-order valence-electron chi connectivity index (χ0n) is 95.6. The smallest absolute Gasteiger partial charge is 0.136 e. The van der Waals surface area contributed by atoms with E-state index in [1.807, 2.05) is 243 Å². The summed E-state index contributed by atoms with van der Waals surface area (Å²) in [7, 11) is 0. The maximum absolute atomic E-state index is 9.53. The summed E-state index contributed by atoms with van der Waals surface area (Å²) in [6.45, 7) is 0. The maximum Gasteiger partial charge on any atom is 0.136 e. The van der Waals surface area contributed by atoms with Gasteiger partial charge in [0, 0.05) is 32.3 Å². The highest BCUT2D eigenvalue weighted by molar-refractivity contribution is 6.29. The first-order valence-electron chi connectivity index (χ1n) is 56.5. The third-order valence-electron chi connectivity index (χ3n) is 26.6. The van der Waals surface area contributed by atoms with E-state index in [0.29, 0.717) is 100 Å². The van der Waals surface area contributed by atoms with E-state index in [-0.39, 0.29) is 137 Å². The molecule has 3 aromatic heterocycles. The Balaban J connectivity index is 0.000000116. The van der Waals surface area contributed by atoms with Crippen LogP contribution in [0.4, 0.5) is 0 Å². The van der Waals surface area contributed by atoms with E-state index >= 15 is 0 Å². The van der Waals surface area contributed by atoms with Crippen molar-refractivity contribution in [3.63, 3.8) is 0 Å². The van der Waals surface area contributed by atoms with E-state index in [1.54, 1.807) is 48.5 Å². The molecule has 0 aliphatic heterocycles. The van der Waals surface area contributed by atoms with Crippen molar-refractivity contribution in [2.24, 2.45) is 0 Å². The lowest BCUT2D eigenvalue weighted by atomic mass is 9.83. The highest BCUT2D eigenvalue weighted by Crippen LogP contribution is 2.53. The van der Waals surface area contributed by atoms with Crippen LogP contribution in [0, 0.1) is 0 Å². The van der Waals surface area contributed by atoms with Gasteiger partial charge in [-0.1, -0.05) is 394 Å². The summed E-state index contributed by atoms with van der Waals surface area (Å²) in [5.41, 5.74) is 12.9. The van der Waals surface area contributed by atoms with Gasteiger partial charge in [-0.05, 0) is 309 Å². The Labute approximate surface area is 810 Å². The lowest BCUT2D eigenvalue weighted by Gasteiger charge is -2.20. The van der Waals surface area contributed by atoms with Crippen LogP contribution < -0.4 is 0 Å². The van der Waals surface area contributed by atoms with E-state index in [1.165, 1.54) is 0 Å². The first-order chi connectivity index (χ1) is 76.9. The number of fused-ring (bicyclic) bond motifs is 21. The largest absolute Gasteiger partial charge is 0.456 e. The van der Waals surface area contributed by atoms with Crippen molar-refractivity contribution < 1.29 is 46.1 Å². The summed E-state index contributed by atoms with van der Waals surface area (Å²) in [6.07, 6.45) is 0. The van der Waals surface area contributed by atoms with Crippen LogP contribution in [0.2, 0.25) is 0 Å². The van der Waals surface area contributed by atoms with Gasteiger partial charge in [-0.3, -0.25) is 0 Å². The van der Waals surface area contributed by atoms with E-state index in [2.05, 4.69) is 48.5 Å². The van der Waals surface area contributed by atoms with Crippen molar-refractivity contribution in [3.05, 3.63) is 485 Å². The maximum atomic E-state index is 9.53. The van der Waals surface area contributed by atoms with E-state index in [0.717, 1.165) is 119 Å². The fraction of sp³-hybridized carbons (Fsp3) is 0. The Hall–Kier alpha value is -17.8. The molecule has 29 aromatic rings. The van der Waals surface area contributed by atoms with Gasteiger partial charge in [-0.15, -0.1) is 0 Å². The molecule has 0 amide bonds. The zero-order chi connectivity index (χ0) is 110. The van der Waals surface area contributed by atoms with Gasteiger partial charge in [0.25, 0.3) is 0 Å². The Morgan fingerprint density at radius 2 is 0.393 bits per heavy atom. The second-order valence-corrected chi connectivity index (χ2v) is 34.0. The molecule has 3 heteroatoms. The van der Waals surface area contributed by atoms with Crippen molar-refractivity contribution in [1.82, 2.24) is 0 Å². The molecule has 3 nitrogen and oxygen atoms in total. The molecule has 0 atom stereocenters. The molecular formula is C132H80O3. The van der Waals surface area contributed by atoms with Gasteiger partial charge in [0.05, 0.1) is 32.9 Å². The van der Waals surface area contributed by atoms with Gasteiger partial charge in [0.15, 0.2) is 0 Å². The SMILES string of the molecule is [2H]c1c([2H])c([2H])c2c(-c3cc(-c4ccccc4)cc4ccccc34)c3c([2H])c([2H])c([2H])c([2H])c3c(-c3ccc4oc5cc6ccccc6cc5c4c3)c2c1[2H].[2H]c1c([2H])c([2H])c2c(-c3ccc(-c4ccc5ccccc5c4)c4ccccc34)c3c([2H])c([2H])c([2H])c([2H])c3c(-c3ccc4oc5cc6ccccc6cc5c4c3)c2c1[2H].[2H]c1c([2H])c([2H])c2c(-c3ccc4oc5cc6ccccc6cc5c4c3)c3c([2H])c([2H])c([2H])c([2H])c3c(-c3ccccc3)c2c1[2H]. The molecule has 0 aliphatic rings. The number of hydrogen-bond donors (Lipinski definition) is 0. The second-order valence-electron chi connectivity index (χ2n) is 34.0. The molecule has 0 saturated carbocycles. The number of hydrogen-bond acceptors (Lipinski definition) is 3. The molecule has 0 fully saturated rings. The molecule has 0 radical (unpaired) electrons. The van der Waals surface area contributed by atoms with Gasteiger partial charge in [0.1, 0.15) is 33.5 Å². The van der Waals surface area contributed by atoms with Gasteiger partial charge in [0.2, 0.25) is 0 Å². The number of benzene rings is 26. The van der Waals surface area contributed by atoms with Crippen LogP contribution in [0.1, 0.15) is 32.9 Å². The van der Waals surface area contributed by atoms with Crippen LogP contribution in [0.3, 0.4) is 0 Å². The predicted octanol–water partition coefficient (Wildman–Crippen LogP) is 37.9. The topological polar surface area (TPSA) is 39.4 Å². The van der Waals surface area contributed by atoms with Crippen LogP contribution in [0.25, 0.3) is 284 Å². The first kappa shape index (κ1) is 56.6. The molecule has 0 unspecified atom stereocenters. The Kier molecular flexibility index (Phi) is 13.2. The van der Waals surface area contributed by atoms with Crippen LogP contribution >= 0.6 is 0 Å². The van der Waals surface area contributed by atoms with E-state index in [4.69, 9.17) is 35.2 Å². The molecule has 0 bridgehead atoms. The average molecular weight is 1740 g/mol. The van der Waals surface area contributed by atoms with E-state index < -0.39 is 72.5 Å². The summed E-state index contributed by atoms with van der Waals surface area (Å²) >= 11 is 0. The third kappa shape index (κ3) is 12.9. The van der Waals surface area contributed by atoms with Crippen molar-refractivity contribution in [1.29, 1.82) is 0 Å². The van der Waals surface area contributed by atoms with Crippen LogP contribution in [0.15, 0.2) is 498 Å². The molecule has 0 saturated heterocycles. The molecule has 0 spiro atoms. The Morgan fingerprint density at radius 3 is 0.778 bits per heavy atom. The summed E-state index contributed by atoms with van der Waals surface area (Å²) in [5, 5.41) is 18.7. The number of furan rings is 3. The molecule has 0 aliphatic carbocycles. The van der Waals surface area contributed by atoms with Crippen LogP contribution in [0.5, 0.6) is 0 Å². The standard InChI is InChI=1S/C50H30O.C46H28O.C36H22O/c1-2-12-32-27-35(22-21-31(32)11-1)37-24-25-44(39-16-6-5-15-38(37)39)50-42-19-9-7-17-40(42)49(41-18-8-10-20-43(41)50)36-23-26-47-45(29-36)46-28-33-13-3-4-14-34(33)30-48(46)51-47;1-2-12-29(13-3-1)34-24-32-16-6-7-17-35(32)42(27-34)46-38-20-10-8-18-36(38)45(37-19-9-11-21-39(37)46)33-22-23-43-40(26-33)41-25-30-14-4-5-15-31(30)28-44(41)47-43;1-2-10-23(11-3-1)35-27-14-6-8-16-29(27)36(30-17-9-7-15-28(30)35)26-18-19-33-31(21-26)32-20-24-12-4-5-13-25(24)22-34(32)37-33/h1-30H;1-28H;1-22H/i7D,8D,9D,10D,17D,18D,19D,20D;8D,9D,10D,11D,18D,19D,20D,21D;6D,7D,8D,9D,14D,15D,16D,17D. The van der Waals surface area contributed by atoms with Crippen molar-refractivity contribution in [3.8, 4) is 89.0 Å². The molecule has 29 rings (SSSR count). The Bertz CT molecular complexity index is 11300. The summed E-state index contributed by atoms with van der Waals surface area (Å²) in [5.74, 6) is 0. The summed E-state index contributed by atoms with van der Waals surface area (Å²) in [4.78, 5) is 0. The molecular weight excluding hydrogens is 1630 g/mol. The van der Waals surface area contributed by atoms with Gasteiger partial charge in [-0.25, -0.2) is 0 Å². The lowest BCUT2D eigenvalue weighted by Crippen LogP contribution is -1.92. The van der Waals surface area contributed by atoms with Gasteiger partial charge < -0.3 is 13.3 Å². The minimum Gasteiger partial charge on any atom is -0.456 e. The Morgan fingerprint density at radius 1 is 0.126 bits per heavy atom. The molecule has 0 N–H and O–H groups in total. The highest BCUT2D eigenvalue weighted by Gasteiger charge is 2.26. The molecule has 135 heavy (non-hydrogen) atoms. The average Bonchev–Trinajstić information content (AvgIpc) is 1.09. The highest BCUT2D eigenvalue weighted by atomic mass is 16.3. The zero-order valence-corrected chi connectivity index (χ0v) is 71.6. The lowest BCUT2D eigenvalue weighted by molar-refractivity contribution is 0.669. The third-order valence-corrected chi connectivity index (χ3v) is 26.6. The normalized spacial score (nSPS) is 14.3. The second kappa shape index (κ2) is 31.5. The fourth-order valence-electron chi connectivity index (χ4n) is 20.5. The van der Waals surface area contributed by atoms with Crippen molar-refractivity contribution >= 4 is 195 Å². The van der Waals surface area contributed by atoms with Crippen molar-refractivity contribution in [2.45, 2.75) is 0 Å². The fourth-order valence-corrected chi connectivity index (χ4v) is 20.5. The quantitative estimate of drug-likeness (QED) is 0.142. The predicted molar refractivity (Wildman–Crippen MR) is 575 cm³/mol. The molecule has 626 valence electrons. The summed E-state index contributed by atoms with van der Waals surface area (Å²) < 4.78 is 237. The van der Waals surface area contributed by atoms with Gasteiger partial charge >= 0.3 is 0 Å². The summed E-state index contributed by atoms with van der Waals surface area (Å²) in [6, 6.07) is 101. The van der Waals surface area contributed by atoms with Crippen molar-refractivity contribution in [2.75, 3.05) is 0 Å². The van der Waals surface area contributed by atoms with Crippen LogP contribution in [-0.4, -0.2) is 0 Å². The first-order valence-corrected chi connectivity index (χ1v) is 44.5. The van der Waals surface area contributed by atoms with Gasteiger partial charge in [-0.2, -0.15) is 0 Å². The minimum absolute atomic E-state index is 0.170. The number of rotatable bonds is 8. The molecule has 3 heterocycles.